The maximum absolute atomic E-state index is 10.7. The molecule has 1 saturated heterocycles. The van der Waals surface area contributed by atoms with Crippen molar-refractivity contribution >= 4 is 11.9 Å². The number of likely N-dealkylation sites (N-methyl/N-ethyl adjacent to an activating group) is 1. The van der Waals surface area contributed by atoms with Gasteiger partial charge in [0.05, 0.1) is 44.4 Å². The molecule has 3 rings (SSSR count). The number of nitro groups is 1. The lowest BCUT2D eigenvalue weighted by atomic mass is 10.1. The Kier molecular flexibility index (Phi) is 4.38. The highest BCUT2D eigenvalue weighted by molar-refractivity contribution is 5.77. The van der Waals surface area contributed by atoms with Crippen molar-refractivity contribution in [2.45, 2.75) is 0 Å². The monoisotopic (exact) mass is 315 g/mol. The predicted molar refractivity (Wildman–Crippen MR) is 86.6 cm³/mol. The molecule has 0 amide bonds. The standard InChI is InChI=1S/C16H18N4O3/c1-18-8-10-19(11-9-18)17-12-15-6-7-16(23-15)13-2-4-14(5-3-13)20(21)22/h2-7,12H,8-11H2,1H3/p+1. The normalized spacial score (nSPS) is 16.1. The summed E-state index contributed by atoms with van der Waals surface area (Å²) in [5.41, 5.74) is 0.873. The Morgan fingerprint density at radius 3 is 2.57 bits per heavy atom. The largest absolute Gasteiger partial charge is 0.455 e. The molecule has 1 aliphatic heterocycles. The van der Waals surface area contributed by atoms with E-state index in [0.717, 1.165) is 31.7 Å². The number of hydrogen-bond donors (Lipinski definition) is 1. The lowest BCUT2D eigenvalue weighted by Crippen LogP contribution is -3.11. The molecule has 1 aliphatic rings. The third kappa shape index (κ3) is 3.75. The number of rotatable bonds is 4. The van der Waals surface area contributed by atoms with Gasteiger partial charge < -0.3 is 9.32 Å². The number of hydrogen-bond acceptors (Lipinski definition) is 5. The molecule has 120 valence electrons. The van der Waals surface area contributed by atoms with Crippen LogP contribution in [-0.4, -0.2) is 49.4 Å². The van der Waals surface area contributed by atoms with Gasteiger partial charge in [0.2, 0.25) is 0 Å². The Morgan fingerprint density at radius 2 is 1.91 bits per heavy atom. The average molecular weight is 315 g/mol. The third-order valence-corrected chi connectivity index (χ3v) is 3.93. The summed E-state index contributed by atoms with van der Waals surface area (Å²) >= 11 is 0. The van der Waals surface area contributed by atoms with Crippen molar-refractivity contribution in [3.63, 3.8) is 0 Å². The Morgan fingerprint density at radius 1 is 1.22 bits per heavy atom. The second-order valence-electron chi connectivity index (χ2n) is 5.66. The summed E-state index contributed by atoms with van der Waals surface area (Å²) < 4.78 is 5.73. The van der Waals surface area contributed by atoms with Crippen molar-refractivity contribution < 1.29 is 14.2 Å². The molecule has 1 fully saturated rings. The van der Waals surface area contributed by atoms with Crippen LogP contribution in [0.2, 0.25) is 0 Å². The van der Waals surface area contributed by atoms with Gasteiger partial charge in [-0.1, -0.05) is 0 Å². The first-order valence-corrected chi connectivity index (χ1v) is 7.57. The summed E-state index contributed by atoms with van der Waals surface area (Å²) in [6.45, 7) is 4.06. The molecular weight excluding hydrogens is 296 g/mol. The maximum Gasteiger partial charge on any atom is 0.269 e. The molecule has 0 bridgehead atoms. The van der Waals surface area contributed by atoms with Crippen LogP contribution in [0.25, 0.3) is 11.3 Å². The fraction of sp³-hybridized carbons (Fsp3) is 0.312. The third-order valence-electron chi connectivity index (χ3n) is 3.93. The smallest absolute Gasteiger partial charge is 0.269 e. The Bertz CT molecular complexity index is 700. The number of nitro benzene ring substituents is 1. The minimum absolute atomic E-state index is 0.0688. The van der Waals surface area contributed by atoms with Gasteiger partial charge in [0.25, 0.3) is 5.69 Å². The molecule has 0 aliphatic carbocycles. The average Bonchev–Trinajstić information content (AvgIpc) is 3.03. The molecule has 1 aromatic heterocycles. The first-order chi connectivity index (χ1) is 11.1. The van der Waals surface area contributed by atoms with Gasteiger partial charge in [-0.3, -0.25) is 15.1 Å². The zero-order valence-corrected chi connectivity index (χ0v) is 12.9. The van der Waals surface area contributed by atoms with Crippen molar-refractivity contribution in [1.82, 2.24) is 5.01 Å². The van der Waals surface area contributed by atoms with E-state index < -0.39 is 4.92 Å². The Labute approximate surface area is 134 Å². The van der Waals surface area contributed by atoms with Gasteiger partial charge in [0.1, 0.15) is 11.5 Å². The molecule has 1 aromatic carbocycles. The first-order valence-electron chi connectivity index (χ1n) is 7.57. The van der Waals surface area contributed by atoms with E-state index in [-0.39, 0.29) is 5.69 Å². The fourth-order valence-corrected chi connectivity index (χ4v) is 2.46. The summed E-state index contributed by atoms with van der Waals surface area (Å²) in [7, 11) is 2.18. The van der Waals surface area contributed by atoms with Gasteiger partial charge in [0, 0.05) is 17.7 Å². The summed E-state index contributed by atoms with van der Waals surface area (Å²) in [6, 6.07) is 10.00. The van der Waals surface area contributed by atoms with Crippen LogP contribution in [0.4, 0.5) is 5.69 Å². The molecule has 0 radical (unpaired) electrons. The van der Waals surface area contributed by atoms with Crippen molar-refractivity contribution in [1.29, 1.82) is 0 Å². The summed E-state index contributed by atoms with van der Waals surface area (Å²) in [5, 5.41) is 17.2. The number of piperazine rings is 1. The summed E-state index contributed by atoms with van der Waals surface area (Å²) in [5.74, 6) is 1.34. The highest BCUT2D eigenvalue weighted by Crippen LogP contribution is 2.24. The molecule has 0 unspecified atom stereocenters. The van der Waals surface area contributed by atoms with E-state index in [4.69, 9.17) is 4.42 Å². The van der Waals surface area contributed by atoms with Crippen LogP contribution in [0.3, 0.4) is 0 Å². The molecule has 2 heterocycles. The van der Waals surface area contributed by atoms with Crippen LogP contribution in [0.1, 0.15) is 5.76 Å². The van der Waals surface area contributed by atoms with Gasteiger partial charge in [-0.15, -0.1) is 0 Å². The van der Waals surface area contributed by atoms with Crippen LogP contribution >= 0.6 is 0 Å². The van der Waals surface area contributed by atoms with E-state index in [9.17, 15) is 10.1 Å². The van der Waals surface area contributed by atoms with E-state index in [0.29, 0.717) is 11.5 Å². The quantitative estimate of drug-likeness (QED) is 0.519. The number of benzene rings is 1. The van der Waals surface area contributed by atoms with Crippen LogP contribution in [0.5, 0.6) is 0 Å². The molecule has 0 spiro atoms. The number of nitrogens with one attached hydrogen (secondary N) is 1. The van der Waals surface area contributed by atoms with E-state index >= 15 is 0 Å². The fourth-order valence-electron chi connectivity index (χ4n) is 2.46. The van der Waals surface area contributed by atoms with Gasteiger partial charge in [-0.2, -0.15) is 5.10 Å². The molecule has 23 heavy (non-hydrogen) atoms. The van der Waals surface area contributed by atoms with Crippen molar-refractivity contribution in [2.24, 2.45) is 5.10 Å². The number of hydrazone groups is 1. The lowest BCUT2D eigenvalue weighted by molar-refractivity contribution is -0.884. The SMILES string of the molecule is C[NH+]1CCN(N=Cc2ccc(-c3ccc([N+](=O)[O-])cc3)o2)CC1. The minimum Gasteiger partial charge on any atom is -0.455 e. The van der Waals surface area contributed by atoms with E-state index in [1.807, 2.05) is 17.1 Å². The molecule has 7 nitrogen and oxygen atoms in total. The first kappa shape index (κ1) is 15.2. The van der Waals surface area contributed by atoms with Crippen molar-refractivity contribution in [3.05, 3.63) is 52.3 Å². The van der Waals surface area contributed by atoms with E-state index in [1.165, 1.54) is 17.0 Å². The van der Waals surface area contributed by atoms with Gasteiger partial charge in [-0.25, -0.2) is 0 Å². The molecular formula is C16H19N4O3+. The van der Waals surface area contributed by atoms with Gasteiger partial charge >= 0.3 is 0 Å². The van der Waals surface area contributed by atoms with E-state index in [2.05, 4.69) is 12.1 Å². The second kappa shape index (κ2) is 6.62. The van der Waals surface area contributed by atoms with Crippen LogP contribution < -0.4 is 4.90 Å². The summed E-state index contributed by atoms with van der Waals surface area (Å²) in [4.78, 5) is 11.8. The van der Waals surface area contributed by atoms with Crippen LogP contribution in [0, 0.1) is 10.1 Å². The molecule has 7 heteroatoms. The second-order valence-corrected chi connectivity index (χ2v) is 5.66. The Balaban J connectivity index is 1.66. The minimum atomic E-state index is -0.415. The highest BCUT2D eigenvalue weighted by atomic mass is 16.6. The highest BCUT2D eigenvalue weighted by Gasteiger charge is 2.14. The van der Waals surface area contributed by atoms with E-state index in [1.54, 1.807) is 18.3 Å². The Hall–Kier alpha value is -2.67. The lowest BCUT2D eigenvalue weighted by Gasteiger charge is -2.27. The number of furan rings is 1. The van der Waals surface area contributed by atoms with Crippen molar-refractivity contribution in [3.8, 4) is 11.3 Å². The van der Waals surface area contributed by atoms with Crippen LogP contribution in [0.15, 0.2) is 45.9 Å². The molecule has 0 atom stereocenters. The number of nitrogens with zero attached hydrogens (tertiary/aromatic N) is 3. The topological polar surface area (TPSA) is 76.3 Å². The number of non-ortho nitro benzene ring substituents is 1. The maximum atomic E-state index is 10.7. The van der Waals surface area contributed by atoms with Gasteiger partial charge in [0.15, 0.2) is 0 Å². The number of quaternary nitrogens is 1. The zero-order valence-electron chi connectivity index (χ0n) is 12.9. The molecule has 1 N–H and O–H groups in total. The summed E-state index contributed by atoms with van der Waals surface area (Å²) in [6.07, 6.45) is 1.72. The van der Waals surface area contributed by atoms with Gasteiger partial charge in [-0.05, 0) is 24.3 Å². The molecule has 0 saturated carbocycles. The zero-order chi connectivity index (χ0) is 16.2. The predicted octanol–water partition coefficient (Wildman–Crippen LogP) is 1.02. The van der Waals surface area contributed by atoms with Crippen molar-refractivity contribution in [2.75, 3.05) is 33.2 Å². The van der Waals surface area contributed by atoms with Crippen LogP contribution in [-0.2, 0) is 0 Å². The molecule has 2 aromatic rings.